The lowest BCUT2D eigenvalue weighted by molar-refractivity contribution is 1.38. The molecule has 0 bridgehead atoms. The summed E-state index contributed by atoms with van der Waals surface area (Å²) in [5, 5.41) is 6.87. The van der Waals surface area contributed by atoms with Gasteiger partial charge in [0.05, 0.1) is 11.9 Å². The maximum Gasteiger partial charge on any atom is 0.0678 e. The summed E-state index contributed by atoms with van der Waals surface area (Å²) in [7, 11) is 0. The van der Waals surface area contributed by atoms with Gasteiger partial charge >= 0.3 is 0 Å². The second kappa shape index (κ2) is 4.97. The predicted octanol–water partition coefficient (Wildman–Crippen LogP) is 1.95. The first kappa shape index (κ1) is 10.2. The van der Waals surface area contributed by atoms with Crippen LogP contribution in [0, 0.1) is 5.41 Å². The summed E-state index contributed by atoms with van der Waals surface area (Å²) in [6.45, 7) is 1.91. The van der Waals surface area contributed by atoms with Crippen LogP contribution in [-0.2, 0) is 0 Å². The van der Waals surface area contributed by atoms with E-state index in [9.17, 15) is 0 Å². The first-order valence-corrected chi connectivity index (χ1v) is 4.30. The Labute approximate surface area is 83.5 Å². The molecule has 1 aromatic rings. The fourth-order valence-corrected chi connectivity index (χ4v) is 0.963. The van der Waals surface area contributed by atoms with Crippen molar-refractivity contribution in [2.24, 2.45) is 10.7 Å². The van der Waals surface area contributed by atoms with Gasteiger partial charge in [-0.25, -0.2) is 0 Å². The third-order valence-corrected chi connectivity index (χ3v) is 1.77. The number of hydrogen-bond donors (Lipinski definition) is 2. The smallest absolute Gasteiger partial charge is 0.0678 e. The van der Waals surface area contributed by atoms with Crippen LogP contribution in [0.25, 0.3) is 0 Å². The molecule has 3 nitrogen and oxygen atoms in total. The number of aliphatic imine (C=N–C) groups is 1. The molecule has 0 aromatic heterocycles. The largest absolute Gasteiger partial charge is 0.396 e. The third kappa shape index (κ3) is 2.86. The fraction of sp³-hybridized carbons (Fsp3) is 0.0909. The minimum atomic E-state index is 0.347. The van der Waals surface area contributed by atoms with Crippen LogP contribution >= 0.6 is 0 Å². The number of benzene rings is 1. The highest BCUT2D eigenvalue weighted by atomic mass is 14.7. The van der Waals surface area contributed by atoms with Crippen molar-refractivity contribution < 1.29 is 0 Å². The van der Waals surface area contributed by atoms with Gasteiger partial charge in [0.25, 0.3) is 0 Å². The molecule has 0 spiro atoms. The molecule has 1 rings (SSSR count). The van der Waals surface area contributed by atoms with E-state index in [4.69, 9.17) is 11.1 Å². The number of allylic oxidation sites excluding steroid dienone is 1. The van der Waals surface area contributed by atoms with E-state index in [0.717, 1.165) is 17.5 Å². The number of rotatable bonds is 3. The second-order valence-corrected chi connectivity index (χ2v) is 2.85. The summed E-state index contributed by atoms with van der Waals surface area (Å²) in [6, 6.07) is 9.83. The van der Waals surface area contributed by atoms with Crippen LogP contribution < -0.4 is 5.73 Å². The zero-order chi connectivity index (χ0) is 10.4. The highest BCUT2D eigenvalue weighted by Crippen LogP contribution is 2.00. The zero-order valence-electron chi connectivity index (χ0n) is 8.07. The van der Waals surface area contributed by atoms with E-state index in [1.807, 2.05) is 37.3 Å². The zero-order valence-corrected chi connectivity index (χ0v) is 8.07. The number of nitrogens with one attached hydrogen (secondary N) is 1. The van der Waals surface area contributed by atoms with Crippen LogP contribution in [0.4, 0.5) is 0 Å². The molecule has 0 saturated heterocycles. The highest BCUT2D eigenvalue weighted by Gasteiger charge is 1.92. The van der Waals surface area contributed by atoms with Gasteiger partial charge in [-0.05, 0) is 12.5 Å². The first-order valence-electron chi connectivity index (χ1n) is 4.30. The maximum absolute atomic E-state index is 6.87. The molecule has 0 radical (unpaired) electrons. The lowest BCUT2D eigenvalue weighted by Crippen LogP contribution is -1.98. The minimum Gasteiger partial charge on any atom is -0.396 e. The molecule has 0 atom stereocenters. The summed E-state index contributed by atoms with van der Waals surface area (Å²) < 4.78 is 0. The molecule has 0 unspecified atom stereocenters. The third-order valence-electron chi connectivity index (χ3n) is 1.77. The summed E-state index contributed by atoms with van der Waals surface area (Å²) in [6.07, 6.45) is 2.55. The quantitative estimate of drug-likeness (QED) is 0.698. The van der Waals surface area contributed by atoms with E-state index in [0.29, 0.717) is 5.70 Å². The summed E-state index contributed by atoms with van der Waals surface area (Å²) in [4.78, 5) is 4.14. The molecule has 72 valence electrons. The van der Waals surface area contributed by atoms with E-state index in [1.54, 1.807) is 0 Å². The SMILES string of the molecule is CC(=N/C=C(/N)C=N)c1ccccc1. The molecule has 0 aliphatic carbocycles. The Balaban J connectivity index is 2.86. The molecule has 0 heterocycles. The molecular weight excluding hydrogens is 174 g/mol. The van der Waals surface area contributed by atoms with Crippen molar-refractivity contribution in [3.8, 4) is 0 Å². The monoisotopic (exact) mass is 187 g/mol. The second-order valence-electron chi connectivity index (χ2n) is 2.85. The fourth-order valence-electron chi connectivity index (χ4n) is 0.963. The molecule has 0 amide bonds. The number of nitrogens with zero attached hydrogens (tertiary/aromatic N) is 1. The van der Waals surface area contributed by atoms with Gasteiger partial charge in [0.15, 0.2) is 0 Å². The van der Waals surface area contributed by atoms with Gasteiger partial charge in [0.2, 0.25) is 0 Å². The van der Waals surface area contributed by atoms with E-state index >= 15 is 0 Å². The lowest BCUT2D eigenvalue weighted by atomic mass is 10.1. The Morgan fingerprint density at radius 1 is 1.36 bits per heavy atom. The standard InChI is InChI=1S/C11H13N3/c1-9(14-8-11(13)7-12)10-5-3-2-4-6-10/h2-8,12H,13H2,1H3/b11-8+,12-7?,14-9?. The summed E-state index contributed by atoms with van der Waals surface area (Å²) in [5.41, 5.74) is 7.70. The van der Waals surface area contributed by atoms with Crippen LogP contribution in [0.2, 0.25) is 0 Å². The molecule has 0 saturated carbocycles. The van der Waals surface area contributed by atoms with Crippen molar-refractivity contribution >= 4 is 11.9 Å². The predicted molar refractivity (Wildman–Crippen MR) is 59.7 cm³/mol. The minimum absolute atomic E-state index is 0.347. The Hall–Kier alpha value is -1.90. The Bertz CT molecular complexity index is 363. The normalized spacial score (nSPS) is 12.6. The summed E-state index contributed by atoms with van der Waals surface area (Å²) >= 11 is 0. The molecule has 0 aliphatic rings. The summed E-state index contributed by atoms with van der Waals surface area (Å²) in [5.74, 6) is 0. The van der Waals surface area contributed by atoms with Crippen molar-refractivity contribution in [3.05, 3.63) is 47.8 Å². The Morgan fingerprint density at radius 2 is 2.00 bits per heavy atom. The van der Waals surface area contributed by atoms with Crippen LogP contribution in [-0.4, -0.2) is 11.9 Å². The molecule has 0 fully saturated rings. The molecule has 0 aliphatic heterocycles. The van der Waals surface area contributed by atoms with Gasteiger partial charge in [-0.15, -0.1) is 0 Å². The Morgan fingerprint density at radius 3 is 2.57 bits per heavy atom. The molecule has 14 heavy (non-hydrogen) atoms. The molecule has 3 heteroatoms. The molecule has 3 N–H and O–H groups in total. The maximum atomic E-state index is 6.87. The number of hydrogen-bond acceptors (Lipinski definition) is 3. The van der Waals surface area contributed by atoms with Crippen LogP contribution in [0.5, 0.6) is 0 Å². The van der Waals surface area contributed by atoms with Crippen molar-refractivity contribution in [2.75, 3.05) is 0 Å². The van der Waals surface area contributed by atoms with Crippen LogP contribution in [0.3, 0.4) is 0 Å². The topological polar surface area (TPSA) is 62.2 Å². The van der Waals surface area contributed by atoms with Gasteiger partial charge in [-0.1, -0.05) is 30.3 Å². The first-order chi connectivity index (χ1) is 6.74. The van der Waals surface area contributed by atoms with E-state index in [2.05, 4.69) is 4.99 Å². The molecular formula is C11H13N3. The van der Waals surface area contributed by atoms with E-state index < -0.39 is 0 Å². The van der Waals surface area contributed by atoms with Crippen LogP contribution in [0.15, 0.2) is 47.2 Å². The van der Waals surface area contributed by atoms with E-state index in [-0.39, 0.29) is 0 Å². The van der Waals surface area contributed by atoms with Crippen molar-refractivity contribution in [3.63, 3.8) is 0 Å². The van der Waals surface area contributed by atoms with Gasteiger partial charge in [0, 0.05) is 11.9 Å². The highest BCUT2D eigenvalue weighted by molar-refractivity contribution is 5.99. The van der Waals surface area contributed by atoms with Crippen molar-refractivity contribution in [2.45, 2.75) is 6.92 Å². The van der Waals surface area contributed by atoms with E-state index in [1.165, 1.54) is 6.20 Å². The Kier molecular flexibility index (Phi) is 3.61. The van der Waals surface area contributed by atoms with Crippen molar-refractivity contribution in [1.29, 1.82) is 5.41 Å². The van der Waals surface area contributed by atoms with Gasteiger partial charge in [-0.2, -0.15) is 0 Å². The van der Waals surface area contributed by atoms with Gasteiger partial charge in [-0.3, -0.25) is 4.99 Å². The van der Waals surface area contributed by atoms with Gasteiger partial charge in [0.1, 0.15) is 0 Å². The average Bonchev–Trinajstić information content (AvgIpc) is 2.26. The lowest BCUT2D eigenvalue weighted by Gasteiger charge is -1.97. The molecule has 1 aromatic carbocycles. The van der Waals surface area contributed by atoms with Crippen molar-refractivity contribution in [1.82, 2.24) is 0 Å². The average molecular weight is 187 g/mol. The van der Waals surface area contributed by atoms with Crippen LogP contribution in [0.1, 0.15) is 12.5 Å². The van der Waals surface area contributed by atoms with Gasteiger partial charge < -0.3 is 11.1 Å². The number of nitrogens with two attached hydrogens (primary N) is 1.